The molecule has 1 aliphatic rings. The summed E-state index contributed by atoms with van der Waals surface area (Å²) in [5.41, 5.74) is 3.41. The van der Waals surface area contributed by atoms with Gasteiger partial charge in [0.15, 0.2) is 5.11 Å². The van der Waals surface area contributed by atoms with Crippen LogP contribution in [-0.2, 0) is 4.79 Å². The van der Waals surface area contributed by atoms with Crippen LogP contribution < -0.4 is 15.5 Å². The fourth-order valence-corrected chi connectivity index (χ4v) is 3.71. The van der Waals surface area contributed by atoms with E-state index in [0.717, 1.165) is 30.0 Å². The molecule has 158 valence electrons. The first-order valence-electron chi connectivity index (χ1n) is 10.2. The highest BCUT2D eigenvalue weighted by Gasteiger charge is 2.24. The molecule has 0 aliphatic carbocycles. The van der Waals surface area contributed by atoms with Gasteiger partial charge in [-0.25, -0.2) is 0 Å². The van der Waals surface area contributed by atoms with Crippen molar-refractivity contribution in [3.05, 3.63) is 59.7 Å². The summed E-state index contributed by atoms with van der Waals surface area (Å²) in [5, 5.41) is 6.15. The second kappa shape index (κ2) is 9.71. The number of para-hydroxylation sites is 2. The Hall–Kier alpha value is -2.93. The molecule has 0 atom stereocenters. The fraction of sp³-hybridized carbons (Fsp3) is 0.348. The van der Waals surface area contributed by atoms with Gasteiger partial charge in [0.1, 0.15) is 0 Å². The molecule has 7 heteroatoms. The van der Waals surface area contributed by atoms with Crippen LogP contribution in [0.2, 0.25) is 0 Å². The monoisotopic (exact) mass is 424 g/mol. The molecule has 2 aromatic rings. The molecule has 0 bridgehead atoms. The first kappa shape index (κ1) is 21.8. The smallest absolute Gasteiger partial charge is 0.257 e. The molecule has 0 spiro atoms. The number of carbonyl (C=O) groups excluding carboxylic acids is 2. The van der Waals surface area contributed by atoms with Gasteiger partial charge < -0.3 is 15.1 Å². The molecule has 6 nitrogen and oxygen atoms in total. The van der Waals surface area contributed by atoms with E-state index >= 15 is 0 Å². The zero-order valence-electron chi connectivity index (χ0n) is 17.6. The number of nitrogens with one attached hydrogen (secondary N) is 2. The van der Waals surface area contributed by atoms with Crippen LogP contribution in [0.15, 0.2) is 48.5 Å². The lowest BCUT2D eigenvalue weighted by atomic mass is 10.1. The first-order chi connectivity index (χ1) is 14.3. The maximum absolute atomic E-state index is 12.5. The topological polar surface area (TPSA) is 64.7 Å². The summed E-state index contributed by atoms with van der Waals surface area (Å²) in [6.45, 7) is 8.69. The molecule has 2 N–H and O–H groups in total. The van der Waals surface area contributed by atoms with E-state index in [1.807, 2.05) is 68.1 Å². The van der Waals surface area contributed by atoms with E-state index in [9.17, 15) is 9.59 Å². The number of nitrogens with zero attached hydrogens (tertiary/aromatic N) is 2. The number of hydrogen-bond donors (Lipinski definition) is 2. The van der Waals surface area contributed by atoms with Crippen LogP contribution in [0.25, 0.3) is 0 Å². The second-order valence-electron chi connectivity index (χ2n) is 7.76. The minimum atomic E-state index is -0.241. The number of amides is 2. The lowest BCUT2D eigenvalue weighted by Gasteiger charge is -2.37. The van der Waals surface area contributed by atoms with Crippen molar-refractivity contribution in [1.82, 2.24) is 10.2 Å². The van der Waals surface area contributed by atoms with Gasteiger partial charge in [-0.15, -0.1) is 0 Å². The molecule has 0 saturated carbocycles. The third-order valence-corrected chi connectivity index (χ3v) is 5.29. The minimum Gasteiger partial charge on any atom is -0.366 e. The number of piperazine rings is 1. The molecular weight excluding hydrogens is 396 g/mol. The van der Waals surface area contributed by atoms with Crippen LogP contribution in [0.3, 0.4) is 0 Å². The van der Waals surface area contributed by atoms with Crippen LogP contribution in [0.1, 0.15) is 29.8 Å². The van der Waals surface area contributed by atoms with Crippen molar-refractivity contribution in [3.63, 3.8) is 0 Å². The number of hydrogen-bond acceptors (Lipinski definition) is 4. The van der Waals surface area contributed by atoms with Crippen molar-refractivity contribution in [2.45, 2.75) is 20.8 Å². The molecule has 1 saturated heterocycles. The summed E-state index contributed by atoms with van der Waals surface area (Å²) in [4.78, 5) is 28.8. The Kier molecular flexibility index (Phi) is 7.05. The lowest BCUT2D eigenvalue weighted by molar-refractivity contribution is -0.134. The SMILES string of the molecule is Cc1cccc(C(=O)NC(=S)Nc2ccccc2N2CCN(C(=O)C(C)C)CC2)c1. The van der Waals surface area contributed by atoms with Crippen molar-refractivity contribution >= 4 is 40.5 Å². The zero-order chi connectivity index (χ0) is 21.7. The van der Waals surface area contributed by atoms with Gasteiger partial charge in [0, 0.05) is 37.7 Å². The minimum absolute atomic E-state index is 0.0138. The Morgan fingerprint density at radius 2 is 1.70 bits per heavy atom. The standard InChI is InChI=1S/C23H28N4O2S/c1-16(2)22(29)27-13-11-26(12-14-27)20-10-5-4-9-19(20)24-23(30)25-21(28)18-8-6-7-17(3)15-18/h4-10,15-16H,11-14H2,1-3H3,(H2,24,25,28,30). The number of aryl methyl sites for hydroxylation is 1. The second-order valence-corrected chi connectivity index (χ2v) is 8.17. The van der Waals surface area contributed by atoms with Crippen LogP contribution in [-0.4, -0.2) is 48.0 Å². The Bertz CT molecular complexity index is 936. The van der Waals surface area contributed by atoms with E-state index < -0.39 is 0 Å². The molecule has 30 heavy (non-hydrogen) atoms. The van der Waals surface area contributed by atoms with Crippen LogP contribution in [0, 0.1) is 12.8 Å². The van der Waals surface area contributed by atoms with Gasteiger partial charge in [0.05, 0.1) is 11.4 Å². The average Bonchev–Trinajstić information content (AvgIpc) is 2.73. The maximum Gasteiger partial charge on any atom is 0.257 e. The largest absolute Gasteiger partial charge is 0.366 e. The molecule has 3 rings (SSSR count). The number of rotatable bonds is 4. The molecular formula is C23H28N4O2S. The number of carbonyl (C=O) groups is 2. The van der Waals surface area contributed by atoms with E-state index in [1.165, 1.54) is 0 Å². The normalized spacial score (nSPS) is 13.9. The third kappa shape index (κ3) is 5.36. The lowest BCUT2D eigenvalue weighted by Crippen LogP contribution is -2.50. The van der Waals surface area contributed by atoms with Crippen molar-refractivity contribution < 1.29 is 9.59 Å². The molecule has 0 aromatic heterocycles. The van der Waals surface area contributed by atoms with Gasteiger partial charge in [-0.3, -0.25) is 14.9 Å². The Balaban J connectivity index is 1.63. The van der Waals surface area contributed by atoms with E-state index in [1.54, 1.807) is 6.07 Å². The predicted octanol–water partition coefficient (Wildman–Crippen LogP) is 3.43. The van der Waals surface area contributed by atoms with Crippen molar-refractivity contribution in [3.8, 4) is 0 Å². The van der Waals surface area contributed by atoms with Crippen LogP contribution in [0.5, 0.6) is 0 Å². The van der Waals surface area contributed by atoms with Crippen LogP contribution in [0.4, 0.5) is 11.4 Å². The highest BCUT2D eigenvalue weighted by atomic mass is 32.1. The molecule has 1 fully saturated rings. The highest BCUT2D eigenvalue weighted by Crippen LogP contribution is 2.27. The highest BCUT2D eigenvalue weighted by molar-refractivity contribution is 7.80. The summed E-state index contributed by atoms with van der Waals surface area (Å²) >= 11 is 5.37. The number of benzene rings is 2. The van der Waals surface area contributed by atoms with Gasteiger partial charge in [-0.2, -0.15) is 0 Å². The molecule has 2 amide bonds. The summed E-state index contributed by atoms with van der Waals surface area (Å²) in [5.74, 6) is -0.0320. The van der Waals surface area contributed by atoms with Crippen molar-refractivity contribution in [2.75, 3.05) is 36.4 Å². The zero-order valence-corrected chi connectivity index (χ0v) is 18.5. The molecule has 0 radical (unpaired) electrons. The Morgan fingerprint density at radius 1 is 1.00 bits per heavy atom. The summed E-state index contributed by atoms with van der Waals surface area (Å²) < 4.78 is 0. The van der Waals surface area contributed by atoms with E-state index in [0.29, 0.717) is 18.7 Å². The first-order valence-corrected chi connectivity index (χ1v) is 10.6. The summed E-state index contributed by atoms with van der Waals surface area (Å²) in [6.07, 6.45) is 0. The molecule has 1 aliphatic heterocycles. The van der Waals surface area contributed by atoms with Gasteiger partial charge in [-0.1, -0.05) is 43.7 Å². The van der Waals surface area contributed by atoms with Crippen molar-refractivity contribution in [1.29, 1.82) is 0 Å². The van der Waals surface area contributed by atoms with Crippen LogP contribution >= 0.6 is 12.2 Å². The number of thiocarbonyl (C=S) groups is 1. The quantitative estimate of drug-likeness (QED) is 0.737. The van der Waals surface area contributed by atoms with E-state index in [2.05, 4.69) is 15.5 Å². The predicted molar refractivity (Wildman–Crippen MR) is 125 cm³/mol. The number of anilines is 2. The van der Waals surface area contributed by atoms with E-state index in [4.69, 9.17) is 12.2 Å². The summed E-state index contributed by atoms with van der Waals surface area (Å²) in [7, 11) is 0. The fourth-order valence-electron chi connectivity index (χ4n) is 3.50. The van der Waals surface area contributed by atoms with Gasteiger partial charge in [0.25, 0.3) is 5.91 Å². The molecule has 2 aromatic carbocycles. The van der Waals surface area contributed by atoms with Gasteiger partial charge in [-0.05, 0) is 43.4 Å². The summed E-state index contributed by atoms with van der Waals surface area (Å²) in [6, 6.07) is 15.2. The van der Waals surface area contributed by atoms with Gasteiger partial charge in [0.2, 0.25) is 5.91 Å². The third-order valence-electron chi connectivity index (χ3n) is 5.09. The van der Waals surface area contributed by atoms with Gasteiger partial charge >= 0.3 is 0 Å². The van der Waals surface area contributed by atoms with Crippen molar-refractivity contribution in [2.24, 2.45) is 5.92 Å². The molecule has 0 unspecified atom stereocenters. The maximum atomic E-state index is 12.5. The van der Waals surface area contributed by atoms with E-state index in [-0.39, 0.29) is 22.8 Å². The molecule has 1 heterocycles. The Labute approximate surface area is 183 Å². The Morgan fingerprint density at radius 3 is 2.37 bits per heavy atom. The average molecular weight is 425 g/mol.